The van der Waals surface area contributed by atoms with Gasteiger partial charge in [0, 0.05) is 13.1 Å². The Morgan fingerprint density at radius 2 is 2.30 bits per heavy atom. The first-order chi connectivity index (χ1) is 9.60. The number of ether oxygens (including phenoxy) is 1. The minimum atomic E-state index is -0.359. The lowest BCUT2D eigenvalue weighted by atomic mass is 9.99. The van der Waals surface area contributed by atoms with Crippen molar-refractivity contribution in [1.29, 1.82) is 0 Å². The molecule has 2 rings (SSSR count). The number of carbonyl (C=O) groups excluding carboxylic acids is 1. The first-order valence-electron chi connectivity index (χ1n) is 7.62. The van der Waals surface area contributed by atoms with E-state index in [9.17, 15) is 4.79 Å². The van der Waals surface area contributed by atoms with Gasteiger partial charge in [0.1, 0.15) is 5.75 Å². The fourth-order valence-electron chi connectivity index (χ4n) is 2.75. The molecule has 3 nitrogen and oxygen atoms in total. The van der Waals surface area contributed by atoms with Crippen molar-refractivity contribution < 1.29 is 9.53 Å². The fourth-order valence-corrected chi connectivity index (χ4v) is 2.75. The summed E-state index contributed by atoms with van der Waals surface area (Å²) >= 11 is 0. The highest BCUT2D eigenvalue weighted by molar-refractivity contribution is 5.81. The van der Waals surface area contributed by atoms with Crippen LogP contribution in [0.1, 0.15) is 38.7 Å². The summed E-state index contributed by atoms with van der Waals surface area (Å²) in [5.41, 5.74) is 1.15. The molecule has 2 atom stereocenters. The predicted molar refractivity (Wildman–Crippen MR) is 80.9 cm³/mol. The number of benzene rings is 1. The van der Waals surface area contributed by atoms with Crippen molar-refractivity contribution in [3.8, 4) is 5.75 Å². The summed E-state index contributed by atoms with van der Waals surface area (Å²) < 4.78 is 5.90. The molecule has 1 aromatic rings. The highest BCUT2D eigenvalue weighted by atomic mass is 16.5. The number of hydrogen-bond donors (Lipinski definition) is 0. The van der Waals surface area contributed by atoms with Crippen LogP contribution in [0.5, 0.6) is 5.75 Å². The zero-order valence-electron chi connectivity index (χ0n) is 12.8. The monoisotopic (exact) mass is 275 g/mol. The Labute approximate surface area is 121 Å². The Morgan fingerprint density at radius 1 is 1.50 bits per heavy atom. The van der Waals surface area contributed by atoms with Crippen molar-refractivity contribution >= 4 is 5.91 Å². The van der Waals surface area contributed by atoms with Gasteiger partial charge in [0.2, 0.25) is 0 Å². The lowest BCUT2D eigenvalue weighted by molar-refractivity contribution is -0.140. The van der Waals surface area contributed by atoms with E-state index in [4.69, 9.17) is 4.74 Å². The number of piperidine rings is 1. The van der Waals surface area contributed by atoms with E-state index in [2.05, 4.69) is 6.92 Å². The van der Waals surface area contributed by atoms with Gasteiger partial charge in [-0.25, -0.2) is 0 Å². The number of aryl methyl sites for hydroxylation is 1. The van der Waals surface area contributed by atoms with Gasteiger partial charge in [-0.15, -0.1) is 0 Å². The average Bonchev–Trinajstić information content (AvgIpc) is 2.44. The third kappa shape index (κ3) is 3.75. The Morgan fingerprint density at radius 3 is 2.95 bits per heavy atom. The van der Waals surface area contributed by atoms with E-state index in [0.717, 1.165) is 30.8 Å². The number of carbonyl (C=O) groups is 1. The van der Waals surface area contributed by atoms with E-state index < -0.39 is 0 Å². The molecule has 1 aromatic carbocycles. The topological polar surface area (TPSA) is 29.5 Å². The molecule has 0 aromatic heterocycles. The number of rotatable bonds is 4. The van der Waals surface area contributed by atoms with Gasteiger partial charge >= 0.3 is 0 Å². The van der Waals surface area contributed by atoms with Crippen LogP contribution in [0.3, 0.4) is 0 Å². The highest BCUT2D eigenvalue weighted by Gasteiger charge is 2.27. The predicted octanol–water partition coefficient (Wildman–Crippen LogP) is 3.41. The summed E-state index contributed by atoms with van der Waals surface area (Å²) in [7, 11) is 0. The molecule has 1 heterocycles. The molecule has 1 saturated heterocycles. The summed E-state index contributed by atoms with van der Waals surface area (Å²) in [4.78, 5) is 14.5. The fraction of sp³-hybridized carbons (Fsp3) is 0.588. The van der Waals surface area contributed by atoms with E-state index in [1.54, 1.807) is 0 Å². The standard InChI is InChI=1S/C17H25NO2/c1-4-16(20-15-9-5-7-13(2)11-15)17(19)18-10-6-8-14(3)12-18/h5,7,9,11,14,16H,4,6,8,10,12H2,1-3H3/t14-,16-/m1/s1. The van der Waals surface area contributed by atoms with E-state index in [1.807, 2.05) is 43.0 Å². The number of hydrogen-bond acceptors (Lipinski definition) is 2. The van der Waals surface area contributed by atoms with Crippen molar-refractivity contribution in [1.82, 2.24) is 4.90 Å². The first-order valence-corrected chi connectivity index (χ1v) is 7.62. The Hall–Kier alpha value is -1.51. The molecule has 0 radical (unpaired) electrons. The minimum absolute atomic E-state index is 0.139. The second-order valence-corrected chi connectivity index (χ2v) is 5.86. The SMILES string of the molecule is CC[C@@H](Oc1cccc(C)c1)C(=O)N1CCC[C@@H](C)C1. The molecular formula is C17H25NO2. The van der Waals surface area contributed by atoms with Crippen LogP contribution in [-0.2, 0) is 4.79 Å². The lowest BCUT2D eigenvalue weighted by Gasteiger charge is -2.33. The van der Waals surface area contributed by atoms with E-state index in [-0.39, 0.29) is 12.0 Å². The van der Waals surface area contributed by atoms with Crippen molar-refractivity contribution in [3.05, 3.63) is 29.8 Å². The molecule has 0 spiro atoms. The molecular weight excluding hydrogens is 250 g/mol. The molecule has 3 heteroatoms. The van der Waals surface area contributed by atoms with Crippen LogP contribution in [0.2, 0.25) is 0 Å². The third-order valence-corrected chi connectivity index (χ3v) is 3.88. The van der Waals surface area contributed by atoms with Crippen LogP contribution in [0.15, 0.2) is 24.3 Å². The van der Waals surface area contributed by atoms with Crippen LogP contribution in [0.25, 0.3) is 0 Å². The molecule has 20 heavy (non-hydrogen) atoms. The van der Waals surface area contributed by atoms with Gasteiger partial charge in [-0.05, 0) is 49.8 Å². The van der Waals surface area contributed by atoms with Gasteiger partial charge in [-0.2, -0.15) is 0 Å². The molecule has 0 unspecified atom stereocenters. The maximum absolute atomic E-state index is 12.6. The van der Waals surface area contributed by atoms with E-state index >= 15 is 0 Å². The van der Waals surface area contributed by atoms with Gasteiger partial charge in [0.25, 0.3) is 5.91 Å². The smallest absolute Gasteiger partial charge is 0.263 e. The second kappa shape index (κ2) is 6.78. The van der Waals surface area contributed by atoms with Crippen molar-refractivity contribution in [2.75, 3.05) is 13.1 Å². The van der Waals surface area contributed by atoms with Gasteiger partial charge in [-0.1, -0.05) is 26.0 Å². The Kier molecular flexibility index (Phi) is 5.05. The van der Waals surface area contributed by atoms with Crippen molar-refractivity contribution in [2.24, 2.45) is 5.92 Å². The van der Waals surface area contributed by atoms with Crippen LogP contribution in [-0.4, -0.2) is 30.0 Å². The Bertz CT molecular complexity index is 458. The van der Waals surface area contributed by atoms with Crippen LogP contribution >= 0.6 is 0 Å². The zero-order chi connectivity index (χ0) is 14.5. The van der Waals surface area contributed by atoms with Crippen molar-refractivity contribution in [2.45, 2.75) is 46.1 Å². The largest absolute Gasteiger partial charge is 0.481 e. The average molecular weight is 275 g/mol. The Balaban J connectivity index is 2.02. The lowest BCUT2D eigenvalue weighted by Crippen LogP contribution is -2.46. The third-order valence-electron chi connectivity index (χ3n) is 3.88. The first kappa shape index (κ1) is 14.9. The van der Waals surface area contributed by atoms with Crippen LogP contribution in [0.4, 0.5) is 0 Å². The second-order valence-electron chi connectivity index (χ2n) is 5.86. The molecule has 0 bridgehead atoms. The minimum Gasteiger partial charge on any atom is -0.481 e. The number of likely N-dealkylation sites (tertiary alicyclic amines) is 1. The zero-order valence-corrected chi connectivity index (χ0v) is 12.8. The summed E-state index contributed by atoms with van der Waals surface area (Å²) in [6, 6.07) is 7.89. The summed E-state index contributed by atoms with van der Waals surface area (Å²) in [6.07, 6.45) is 2.67. The van der Waals surface area contributed by atoms with Gasteiger partial charge in [0.15, 0.2) is 6.10 Å². The molecule has 1 aliphatic heterocycles. The van der Waals surface area contributed by atoms with E-state index in [1.165, 1.54) is 6.42 Å². The highest BCUT2D eigenvalue weighted by Crippen LogP contribution is 2.20. The van der Waals surface area contributed by atoms with Crippen molar-refractivity contribution in [3.63, 3.8) is 0 Å². The molecule has 1 amide bonds. The molecule has 0 N–H and O–H groups in total. The maximum atomic E-state index is 12.6. The van der Waals surface area contributed by atoms with Crippen LogP contribution in [0, 0.1) is 12.8 Å². The molecule has 0 saturated carbocycles. The van der Waals surface area contributed by atoms with E-state index in [0.29, 0.717) is 12.3 Å². The van der Waals surface area contributed by atoms with Gasteiger partial charge < -0.3 is 9.64 Å². The van der Waals surface area contributed by atoms with Gasteiger partial charge in [-0.3, -0.25) is 4.79 Å². The summed E-state index contributed by atoms with van der Waals surface area (Å²) in [6.45, 7) is 7.98. The number of nitrogens with zero attached hydrogens (tertiary/aromatic N) is 1. The quantitative estimate of drug-likeness (QED) is 0.842. The van der Waals surface area contributed by atoms with Crippen LogP contribution < -0.4 is 4.74 Å². The maximum Gasteiger partial charge on any atom is 0.263 e. The molecule has 110 valence electrons. The molecule has 1 fully saturated rings. The molecule has 1 aliphatic rings. The normalized spacial score (nSPS) is 20.6. The summed E-state index contributed by atoms with van der Waals surface area (Å²) in [5, 5.41) is 0. The summed E-state index contributed by atoms with van der Waals surface area (Å²) in [5.74, 6) is 1.53. The molecule has 0 aliphatic carbocycles. The van der Waals surface area contributed by atoms with Gasteiger partial charge in [0.05, 0.1) is 0 Å². The number of amides is 1.